The molecular formula is C16H22N4O2S2. The van der Waals surface area contributed by atoms with Gasteiger partial charge in [0.05, 0.1) is 18.2 Å². The van der Waals surface area contributed by atoms with Crippen molar-refractivity contribution < 1.29 is 8.42 Å². The van der Waals surface area contributed by atoms with Gasteiger partial charge < -0.3 is 0 Å². The van der Waals surface area contributed by atoms with Gasteiger partial charge in [-0.1, -0.05) is 31.2 Å². The van der Waals surface area contributed by atoms with Gasteiger partial charge in [0, 0.05) is 11.6 Å². The number of nitrogens with zero attached hydrogens (tertiary/aromatic N) is 3. The van der Waals surface area contributed by atoms with E-state index in [0.717, 1.165) is 17.8 Å². The van der Waals surface area contributed by atoms with Crippen LogP contribution in [0.1, 0.15) is 18.9 Å². The van der Waals surface area contributed by atoms with Crippen molar-refractivity contribution in [3.05, 3.63) is 34.6 Å². The molecule has 1 aliphatic heterocycles. The molecule has 130 valence electrons. The summed E-state index contributed by atoms with van der Waals surface area (Å²) < 4.78 is 25.5. The standard InChI is InChI=1S/C16H22N4O2S2/c1-3-12-4-6-13(7-5-12)15-17-16(23)20(18-15)11-19(2)14-8-9-24(21,22)10-14/h4-7,14H,3,8-11H2,1-2H3,(H,17,18,23). The second-order valence-corrected chi connectivity index (χ2v) is 8.88. The van der Waals surface area contributed by atoms with Crippen molar-refractivity contribution >= 4 is 22.1 Å². The second-order valence-electron chi connectivity index (χ2n) is 6.29. The maximum atomic E-state index is 11.6. The fourth-order valence-corrected chi connectivity index (χ4v) is 4.94. The van der Waals surface area contributed by atoms with Gasteiger partial charge in [-0.25, -0.2) is 13.1 Å². The predicted octanol–water partition coefficient (Wildman–Crippen LogP) is 2.25. The number of aromatic nitrogens is 3. The van der Waals surface area contributed by atoms with Crippen molar-refractivity contribution in [2.75, 3.05) is 18.6 Å². The zero-order valence-corrected chi connectivity index (χ0v) is 15.5. The minimum atomic E-state index is -2.89. The first-order chi connectivity index (χ1) is 11.4. The van der Waals surface area contributed by atoms with Crippen LogP contribution in [0.2, 0.25) is 0 Å². The summed E-state index contributed by atoms with van der Waals surface area (Å²) in [6.45, 7) is 2.62. The van der Waals surface area contributed by atoms with Crippen LogP contribution in [0.3, 0.4) is 0 Å². The maximum absolute atomic E-state index is 11.6. The van der Waals surface area contributed by atoms with E-state index in [1.807, 2.05) is 24.1 Å². The molecule has 0 spiro atoms. The van der Waals surface area contributed by atoms with Crippen molar-refractivity contribution in [3.8, 4) is 11.4 Å². The summed E-state index contributed by atoms with van der Waals surface area (Å²) in [6.07, 6.45) is 1.67. The molecule has 2 aromatic rings. The molecule has 1 atom stereocenters. The van der Waals surface area contributed by atoms with Gasteiger partial charge in [-0.3, -0.25) is 10.00 Å². The van der Waals surface area contributed by atoms with Crippen molar-refractivity contribution in [1.82, 2.24) is 19.7 Å². The quantitative estimate of drug-likeness (QED) is 0.822. The number of benzene rings is 1. The summed E-state index contributed by atoms with van der Waals surface area (Å²) in [5, 5.41) is 3.22. The Morgan fingerprint density at radius 3 is 2.67 bits per heavy atom. The lowest BCUT2D eigenvalue weighted by molar-refractivity contribution is 0.197. The van der Waals surface area contributed by atoms with E-state index in [2.05, 4.69) is 29.1 Å². The van der Waals surface area contributed by atoms with Gasteiger partial charge in [-0.05, 0) is 37.7 Å². The van der Waals surface area contributed by atoms with Crippen LogP contribution in [-0.4, -0.2) is 52.7 Å². The van der Waals surface area contributed by atoms with Crippen molar-refractivity contribution in [2.24, 2.45) is 0 Å². The summed E-state index contributed by atoms with van der Waals surface area (Å²) in [7, 11) is -0.970. The van der Waals surface area contributed by atoms with E-state index in [1.165, 1.54) is 5.56 Å². The molecule has 1 aromatic carbocycles. The van der Waals surface area contributed by atoms with Crippen molar-refractivity contribution in [3.63, 3.8) is 0 Å². The molecule has 0 bridgehead atoms. The van der Waals surface area contributed by atoms with Crippen LogP contribution in [0, 0.1) is 4.77 Å². The Hall–Kier alpha value is -1.51. The van der Waals surface area contributed by atoms with Gasteiger partial charge >= 0.3 is 0 Å². The summed E-state index contributed by atoms with van der Waals surface area (Å²) in [6, 6.07) is 8.27. The van der Waals surface area contributed by atoms with E-state index in [1.54, 1.807) is 4.68 Å². The molecule has 1 fully saturated rings. The third-order valence-corrected chi connectivity index (χ3v) is 6.57. The first-order valence-electron chi connectivity index (χ1n) is 8.05. The van der Waals surface area contributed by atoms with Crippen LogP contribution in [0.4, 0.5) is 0 Å². The Balaban J connectivity index is 1.75. The van der Waals surface area contributed by atoms with Crippen LogP contribution >= 0.6 is 12.2 Å². The molecule has 0 saturated carbocycles. The Bertz CT molecular complexity index is 868. The predicted molar refractivity (Wildman–Crippen MR) is 97.0 cm³/mol. The van der Waals surface area contributed by atoms with Gasteiger partial charge in [-0.2, -0.15) is 4.98 Å². The molecule has 2 heterocycles. The number of nitrogens with one attached hydrogen (secondary N) is 1. The fourth-order valence-electron chi connectivity index (χ4n) is 2.94. The third-order valence-electron chi connectivity index (χ3n) is 4.51. The zero-order valence-electron chi connectivity index (χ0n) is 13.9. The summed E-state index contributed by atoms with van der Waals surface area (Å²) in [5.74, 6) is 1.22. The molecule has 1 unspecified atom stereocenters. The van der Waals surface area contributed by atoms with E-state index in [0.29, 0.717) is 17.9 Å². The highest BCUT2D eigenvalue weighted by molar-refractivity contribution is 7.91. The number of hydrogen-bond acceptors (Lipinski definition) is 5. The van der Waals surface area contributed by atoms with Crippen LogP contribution in [-0.2, 0) is 22.9 Å². The van der Waals surface area contributed by atoms with Gasteiger partial charge in [-0.15, -0.1) is 0 Å². The fraction of sp³-hybridized carbons (Fsp3) is 0.500. The molecule has 1 N–H and O–H groups in total. The zero-order chi connectivity index (χ0) is 17.3. The molecule has 0 radical (unpaired) electrons. The third kappa shape index (κ3) is 3.76. The van der Waals surface area contributed by atoms with Crippen LogP contribution in [0.15, 0.2) is 24.3 Å². The molecule has 0 amide bonds. The number of hydrogen-bond donors (Lipinski definition) is 1. The summed E-state index contributed by atoms with van der Waals surface area (Å²) in [5.41, 5.74) is 2.27. The van der Waals surface area contributed by atoms with E-state index in [9.17, 15) is 8.42 Å². The molecule has 1 saturated heterocycles. The molecule has 1 aromatic heterocycles. The van der Waals surface area contributed by atoms with Gasteiger partial charge in [0.2, 0.25) is 4.77 Å². The minimum absolute atomic E-state index is 0.0347. The largest absolute Gasteiger partial charge is 0.283 e. The average molecular weight is 367 g/mol. The highest BCUT2D eigenvalue weighted by Crippen LogP contribution is 2.19. The molecule has 0 aliphatic carbocycles. The summed E-state index contributed by atoms with van der Waals surface area (Å²) >= 11 is 5.34. The topological polar surface area (TPSA) is 71.0 Å². The SMILES string of the molecule is CCc1ccc(-c2nc(=S)n(CN(C)C3CCS(=O)(=O)C3)[nH]2)cc1. The molecule has 3 rings (SSSR count). The molecular weight excluding hydrogens is 344 g/mol. The van der Waals surface area contributed by atoms with E-state index in [4.69, 9.17) is 12.2 Å². The summed E-state index contributed by atoms with van der Waals surface area (Å²) in [4.78, 5) is 6.44. The van der Waals surface area contributed by atoms with Crippen LogP contribution in [0.5, 0.6) is 0 Å². The van der Waals surface area contributed by atoms with Gasteiger partial charge in [0.25, 0.3) is 0 Å². The van der Waals surface area contributed by atoms with Crippen molar-refractivity contribution in [2.45, 2.75) is 32.5 Å². The Morgan fingerprint density at radius 1 is 1.38 bits per heavy atom. The van der Waals surface area contributed by atoms with Crippen LogP contribution < -0.4 is 0 Å². The average Bonchev–Trinajstić information content (AvgIpc) is 3.10. The molecule has 24 heavy (non-hydrogen) atoms. The Morgan fingerprint density at radius 2 is 2.08 bits per heavy atom. The number of sulfone groups is 1. The normalized spacial score (nSPS) is 19.9. The van der Waals surface area contributed by atoms with E-state index < -0.39 is 9.84 Å². The second kappa shape index (κ2) is 6.78. The lowest BCUT2D eigenvalue weighted by atomic mass is 10.1. The number of H-pyrrole nitrogens is 1. The highest BCUT2D eigenvalue weighted by Gasteiger charge is 2.30. The molecule has 1 aliphatic rings. The first-order valence-corrected chi connectivity index (χ1v) is 10.3. The monoisotopic (exact) mass is 366 g/mol. The smallest absolute Gasteiger partial charge is 0.217 e. The first kappa shape index (κ1) is 17.3. The van der Waals surface area contributed by atoms with E-state index in [-0.39, 0.29) is 17.5 Å². The number of aromatic amines is 1. The van der Waals surface area contributed by atoms with E-state index >= 15 is 0 Å². The van der Waals surface area contributed by atoms with Gasteiger partial charge in [0.15, 0.2) is 15.7 Å². The lowest BCUT2D eigenvalue weighted by Crippen LogP contribution is -2.34. The Labute approximate surface area is 147 Å². The highest BCUT2D eigenvalue weighted by atomic mass is 32.2. The number of aryl methyl sites for hydroxylation is 1. The molecule has 8 heteroatoms. The minimum Gasteiger partial charge on any atom is -0.283 e. The molecule has 6 nitrogen and oxygen atoms in total. The maximum Gasteiger partial charge on any atom is 0.217 e. The Kier molecular flexibility index (Phi) is 4.89. The van der Waals surface area contributed by atoms with Crippen molar-refractivity contribution in [1.29, 1.82) is 0 Å². The number of rotatable bonds is 5. The van der Waals surface area contributed by atoms with Gasteiger partial charge in [0.1, 0.15) is 0 Å². The van der Waals surface area contributed by atoms with Crippen LogP contribution in [0.25, 0.3) is 11.4 Å². The lowest BCUT2D eigenvalue weighted by Gasteiger charge is -2.22.